The fourth-order valence-corrected chi connectivity index (χ4v) is 2.44. The fourth-order valence-electron chi connectivity index (χ4n) is 2.44. The van der Waals surface area contributed by atoms with Crippen molar-refractivity contribution >= 4 is 0 Å². The van der Waals surface area contributed by atoms with Crippen molar-refractivity contribution in [3.63, 3.8) is 0 Å². The summed E-state index contributed by atoms with van der Waals surface area (Å²) in [6.45, 7) is 0.808. The van der Waals surface area contributed by atoms with Crippen LogP contribution in [0.3, 0.4) is 0 Å². The third kappa shape index (κ3) is 1.78. The molecule has 1 aliphatic rings. The Morgan fingerprint density at radius 3 is 2.32 bits per heavy atom. The first-order valence-electron chi connectivity index (χ1n) is 6.04. The van der Waals surface area contributed by atoms with Crippen molar-refractivity contribution in [1.82, 2.24) is 9.36 Å². The van der Waals surface area contributed by atoms with E-state index in [9.17, 15) is 18.0 Å². The number of nitrogens with zero attached hydrogens (tertiary/aromatic N) is 2. The van der Waals surface area contributed by atoms with Crippen molar-refractivity contribution in [2.75, 3.05) is 0 Å². The smallest absolute Gasteiger partial charge is 0.267 e. The van der Waals surface area contributed by atoms with E-state index in [1.807, 2.05) is 0 Å². The first-order chi connectivity index (χ1) is 9.09. The standard InChI is InChI=1S/C13H11F3N2O/c14-8-3-4-9(10(15)7-8)11-12(16)17-5-1-2-6-18(17)13(11)19/h3-4,7H,1-2,5-6H2. The molecule has 1 aliphatic heterocycles. The molecule has 3 rings (SSSR count). The molecule has 0 radical (unpaired) electrons. The van der Waals surface area contributed by atoms with E-state index in [-0.39, 0.29) is 11.1 Å². The van der Waals surface area contributed by atoms with Crippen LogP contribution < -0.4 is 5.56 Å². The van der Waals surface area contributed by atoms with Crippen LogP contribution in [0.25, 0.3) is 11.1 Å². The van der Waals surface area contributed by atoms with Crippen LogP contribution in [-0.2, 0) is 13.1 Å². The Kier molecular flexibility index (Phi) is 2.73. The van der Waals surface area contributed by atoms with E-state index in [2.05, 4.69) is 0 Å². The molecular formula is C13H11F3N2O. The van der Waals surface area contributed by atoms with Gasteiger partial charge in [-0.25, -0.2) is 13.5 Å². The highest BCUT2D eigenvalue weighted by Crippen LogP contribution is 2.25. The lowest BCUT2D eigenvalue weighted by atomic mass is 10.1. The molecular weight excluding hydrogens is 257 g/mol. The average molecular weight is 268 g/mol. The van der Waals surface area contributed by atoms with Crippen molar-refractivity contribution in [2.45, 2.75) is 25.9 Å². The minimum Gasteiger partial charge on any atom is -0.267 e. The summed E-state index contributed by atoms with van der Waals surface area (Å²) in [6.07, 6.45) is 1.56. The molecule has 0 aliphatic carbocycles. The van der Waals surface area contributed by atoms with E-state index in [1.165, 1.54) is 9.36 Å². The van der Waals surface area contributed by atoms with E-state index < -0.39 is 23.1 Å². The van der Waals surface area contributed by atoms with Crippen molar-refractivity contribution < 1.29 is 13.2 Å². The quantitative estimate of drug-likeness (QED) is 0.780. The van der Waals surface area contributed by atoms with Crippen molar-refractivity contribution in [3.05, 3.63) is 46.1 Å². The topological polar surface area (TPSA) is 26.9 Å². The molecule has 0 fully saturated rings. The SMILES string of the molecule is O=c1c(-c2ccc(F)cc2F)c(F)n2n1CCCC2. The van der Waals surface area contributed by atoms with Gasteiger partial charge in [0.2, 0.25) is 5.95 Å². The normalized spacial score (nSPS) is 14.5. The summed E-state index contributed by atoms with van der Waals surface area (Å²) in [5, 5.41) is 0. The molecule has 100 valence electrons. The van der Waals surface area contributed by atoms with E-state index in [1.54, 1.807) is 0 Å². The zero-order valence-corrected chi connectivity index (χ0v) is 10.00. The number of halogens is 3. The number of rotatable bonds is 1. The van der Waals surface area contributed by atoms with E-state index >= 15 is 0 Å². The lowest BCUT2D eigenvalue weighted by Crippen LogP contribution is -2.27. The molecule has 3 nitrogen and oxygen atoms in total. The van der Waals surface area contributed by atoms with Gasteiger partial charge < -0.3 is 0 Å². The highest BCUT2D eigenvalue weighted by Gasteiger charge is 2.25. The summed E-state index contributed by atoms with van der Waals surface area (Å²) in [4.78, 5) is 12.1. The van der Waals surface area contributed by atoms with Crippen LogP contribution in [0.15, 0.2) is 23.0 Å². The molecule has 0 amide bonds. The van der Waals surface area contributed by atoms with Crippen molar-refractivity contribution in [2.24, 2.45) is 0 Å². The minimum atomic E-state index is -0.931. The molecule has 0 atom stereocenters. The zero-order valence-electron chi connectivity index (χ0n) is 10.00. The predicted octanol–water partition coefficient (Wildman–Crippen LogP) is 2.53. The molecule has 1 aromatic carbocycles. The number of hydrogen-bond donors (Lipinski definition) is 0. The predicted molar refractivity (Wildman–Crippen MR) is 63.2 cm³/mol. The number of fused-ring (bicyclic) bond motifs is 1. The van der Waals surface area contributed by atoms with Gasteiger partial charge in [0.1, 0.15) is 17.2 Å². The average Bonchev–Trinajstić information content (AvgIpc) is 2.64. The van der Waals surface area contributed by atoms with E-state index in [0.717, 1.165) is 25.0 Å². The Balaban J connectivity index is 2.26. The summed E-state index contributed by atoms with van der Waals surface area (Å²) in [7, 11) is 0. The third-order valence-corrected chi connectivity index (χ3v) is 3.36. The van der Waals surface area contributed by atoms with Crippen LogP contribution in [0.4, 0.5) is 13.2 Å². The Hall–Kier alpha value is -1.98. The summed E-state index contributed by atoms with van der Waals surface area (Å²) in [5.74, 6) is -2.44. The molecule has 0 N–H and O–H groups in total. The molecule has 0 saturated carbocycles. The lowest BCUT2D eigenvalue weighted by Gasteiger charge is -2.16. The first kappa shape index (κ1) is 12.1. The van der Waals surface area contributed by atoms with Gasteiger partial charge in [-0.3, -0.25) is 9.48 Å². The van der Waals surface area contributed by atoms with Gasteiger partial charge >= 0.3 is 0 Å². The van der Waals surface area contributed by atoms with Gasteiger partial charge in [-0.2, -0.15) is 4.39 Å². The van der Waals surface area contributed by atoms with Gasteiger partial charge in [0.15, 0.2) is 0 Å². The maximum Gasteiger partial charge on any atom is 0.277 e. The molecule has 6 heteroatoms. The largest absolute Gasteiger partial charge is 0.277 e. The van der Waals surface area contributed by atoms with Gasteiger partial charge in [-0.1, -0.05) is 0 Å². The molecule has 19 heavy (non-hydrogen) atoms. The number of benzene rings is 1. The van der Waals surface area contributed by atoms with E-state index in [4.69, 9.17) is 0 Å². The molecule has 0 bridgehead atoms. The molecule has 0 spiro atoms. The minimum absolute atomic E-state index is 0.196. The summed E-state index contributed by atoms with van der Waals surface area (Å²) >= 11 is 0. The highest BCUT2D eigenvalue weighted by atomic mass is 19.1. The number of aromatic nitrogens is 2. The Morgan fingerprint density at radius 2 is 1.68 bits per heavy atom. The van der Waals surface area contributed by atoms with Gasteiger partial charge in [-0.15, -0.1) is 0 Å². The van der Waals surface area contributed by atoms with E-state index in [0.29, 0.717) is 19.2 Å². The van der Waals surface area contributed by atoms with Gasteiger partial charge in [0.05, 0.1) is 0 Å². The van der Waals surface area contributed by atoms with Crippen LogP contribution >= 0.6 is 0 Å². The summed E-state index contributed by atoms with van der Waals surface area (Å²) in [6, 6.07) is 2.76. The van der Waals surface area contributed by atoms with Crippen LogP contribution in [0.5, 0.6) is 0 Å². The fraction of sp³-hybridized carbons (Fsp3) is 0.308. The Morgan fingerprint density at radius 1 is 1.00 bits per heavy atom. The Bertz CT molecular complexity index is 703. The second-order valence-corrected chi connectivity index (χ2v) is 4.55. The van der Waals surface area contributed by atoms with Gasteiger partial charge in [0, 0.05) is 24.7 Å². The molecule has 2 aromatic rings. The lowest BCUT2D eigenvalue weighted by molar-refractivity contribution is 0.310. The summed E-state index contributed by atoms with van der Waals surface area (Å²) in [5.41, 5.74) is -1.08. The molecule has 1 aromatic heterocycles. The monoisotopic (exact) mass is 268 g/mol. The number of hydrogen-bond acceptors (Lipinski definition) is 1. The van der Waals surface area contributed by atoms with Gasteiger partial charge in [-0.05, 0) is 25.0 Å². The van der Waals surface area contributed by atoms with Crippen LogP contribution in [0.1, 0.15) is 12.8 Å². The Labute approximate surface area is 106 Å². The maximum absolute atomic E-state index is 14.2. The van der Waals surface area contributed by atoms with Crippen LogP contribution in [-0.4, -0.2) is 9.36 Å². The van der Waals surface area contributed by atoms with Crippen molar-refractivity contribution in [1.29, 1.82) is 0 Å². The third-order valence-electron chi connectivity index (χ3n) is 3.36. The zero-order chi connectivity index (χ0) is 13.6. The molecule has 2 heterocycles. The summed E-state index contributed by atoms with van der Waals surface area (Å²) < 4.78 is 43.3. The van der Waals surface area contributed by atoms with Crippen molar-refractivity contribution in [3.8, 4) is 11.1 Å². The van der Waals surface area contributed by atoms with Gasteiger partial charge in [0.25, 0.3) is 5.56 Å². The maximum atomic E-state index is 14.2. The molecule has 0 unspecified atom stereocenters. The highest BCUT2D eigenvalue weighted by molar-refractivity contribution is 5.63. The first-order valence-corrected chi connectivity index (χ1v) is 6.04. The second kappa shape index (κ2) is 4.29. The van der Waals surface area contributed by atoms with Crippen LogP contribution in [0.2, 0.25) is 0 Å². The second-order valence-electron chi connectivity index (χ2n) is 4.55. The molecule has 0 saturated heterocycles. The van der Waals surface area contributed by atoms with Crippen LogP contribution in [0, 0.1) is 17.6 Å².